The van der Waals surface area contributed by atoms with Crippen molar-refractivity contribution in [3.63, 3.8) is 0 Å². The van der Waals surface area contributed by atoms with Gasteiger partial charge in [-0.25, -0.2) is 9.67 Å². The van der Waals surface area contributed by atoms with Gasteiger partial charge in [-0.15, -0.1) is 16.4 Å². The van der Waals surface area contributed by atoms with Gasteiger partial charge < -0.3 is 10.1 Å². The Morgan fingerprint density at radius 2 is 2.26 bits per heavy atom. The van der Waals surface area contributed by atoms with Crippen molar-refractivity contribution in [3.05, 3.63) is 27.5 Å². The minimum Gasteiger partial charge on any atom is -0.383 e. The van der Waals surface area contributed by atoms with E-state index >= 15 is 0 Å². The van der Waals surface area contributed by atoms with E-state index in [1.807, 2.05) is 17.8 Å². The number of hydrogen-bond acceptors (Lipinski definition) is 6. The van der Waals surface area contributed by atoms with E-state index in [-0.39, 0.29) is 0 Å². The molecule has 0 saturated heterocycles. The fourth-order valence-electron chi connectivity index (χ4n) is 1.63. The molecule has 0 aliphatic rings. The third-order valence-corrected chi connectivity index (χ3v) is 3.80. The first-order valence-corrected chi connectivity index (χ1v) is 7.02. The van der Waals surface area contributed by atoms with Gasteiger partial charge in [0.2, 0.25) is 0 Å². The molecule has 0 spiro atoms. The third-order valence-electron chi connectivity index (χ3n) is 2.75. The largest absolute Gasteiger partial charge is 0.383 e. The molecule has 0 bridgehead atoms. The molecule has 0 aromatic carbocycles. The number of nitrogens with zero attached hydrogens (tertiary/aromatic N) is 4. The fraction of sp³-hybridized carbons (Fsp3) is 0.583. The van der Waals surface area contributed by atoms with Crippen molar-refractivity contribution < 1.29 is 4.74 Å². The highest BCUT2D eigenvalue weighted by Gasteiger charge is 2.06. The molecule has 0 atom stereocenters. The van der Waals surface area contributed by atoms with Crippen LogP contribution in [0.25, 0.3) is 0 Å². The lowest BCUT2D eigenvalue weighted by Crippen LogP contribution is -2.18. The molecule has 0 unspecified atom stereocenters. The second kappa shape index (κ2) is 6.74. The standard InChI is InChI=1S/C12H19N5OS/c1-9-10(2)19-12(14-9)8-17-7-11(15-16-17)6-13-4-5-18-3/h7,13H,4-6,8H2,1-3H3. The first-order valence-electron chi connectivity index (χ1n) is 6.20. The van der Waals surface area contributed by atoms with Gasteiger partial charge in [-0.05, 0) is 13.8 Å². The number of ether oxygens (including phenoxy) is 1. The molecule has 6 nitrogen and oxygen atoms in total. The van der Waals surface area contributed by atoms with Crippen molar-refractivity contribution in [1.82, 2.24) is 25.3 Å². The van der Waals surface area contributed by atoms with E-state index in [2.05, 4.69) is 27.5 Å². The van der Waals surface area contributed by atoms with Gasteiger partial charge >= 0.3 is 0 Å². The molecule has 0 fully saturated rings. The number of methoxy groups -OCH3 is 1. The molecule has 2 aromatic heterocycles. The minimum atomic E-state index is 0.685. The zero-order valence-corrected chi connectivity index (χ0v) is 12.3. The Labute approximate surface area is 116 Å². The Morgan fingerprint density at radius 3 is 2.95 bits per heavy atom. The Hall–Kier alpha value is -1.31. The maximum absolute atomic E-state index is 4.97. The third kappa shape index (κ3) is 4.09. The van der Waals surface area contributed by atoms with E-state index in [1.54, 1.807) is 18.4 Å². The van der Waals surface area contributed by atoms with Crippen LogP contribution in [-0.2, 0) is 17.8 Å². The molecule has 0 aliphatic carbocycles. The van der Waals surface area contributed by atoms with Crippen LogP contribution in [0, 0.1) is 13.8 Å². The van der Waals surface area contributed by atoms with E-state index in [0.717, 1.165) is 22.9 Å². The molecular formula is C12H19N5OS. The Kier molecular flexibility index (Phi) is 5.00. The van der Waals surface area contributed by atoms with E-state index in [4.69, 9.17) is 4.74 Å². The van der Waals surface area contributed by atoms with Crippen molar-refractivity contribution in [2.24, 2.45) is 0 Å². The summed E-state index contributed by atoms with van der Waals surface area (Å²) in [5.74, 6) is 0. The Balaban J connectivity index is 1.86. The summed E-state index contributed by atoms with van der Waals surface area (Å²) in [5.41, 5.74) is 2.03. The highest BCUT2D eigenvalue weighted by atomic mass is 32.1. The monoisotopic (exact) mass is 281 g/mol. The molecule has 2 aromatic rings. The number of rotatable bonds is 7. The van der Waals surface area contributed by atoms with E-state index < -0.39 is 0 Å². The van der Waals surface area contributed by atoms with Gasteiger partial charge in [-0.1, -0.05) is 5.21 Å². The van der Waals surface area contributed by atoms with Crippen LogP contribution in [0.3, 0.4) is 0 Å². The average molecular weight is 281 g/mol. The predicted molar refractivity (Wildman–Crippen MR) is 74.3 cm³/mol. The summed E-state index contributed by atoms with van der Waals surface area (Å²) in [5, 5.41) is 12.5. The SMILES string of the molecule is COCCNCc1cn(Cc2nc(C)c(C)s2)nn1. The van der Waals surface area contributed by atoms with Crippen LogP contribution < -0.4 is 5.32 Å². The number of hydrogen-bond donors (Lipinski definition) is 1. The van der Waals surface area contributed by atoms with Gasteiger partial charge in [-0.2, -0.15) is 0 Å². The van der Waals surface area contributed by atoms with Gasteiger partial charge in [0.15, 0.2) is 0 Å². The van der Waals surface area contributed by atoms with Crippen molar-refractivity contribution >= 4 is 11.3 Å². The lowest BCUT2D eigenvalue weighted by Gasteiger charge is -1.99. The molecule has 0 radical (unpaired) electrons. The van der Waals surface area contributed by atoms with Gasteiger partial charge in [0.25, 0.3) is 0 Å². The quantitative estimate of drug-likeness (QED) is 0.771. The van der Waals surface area contributed by atoms with Crippen LogP contribution in [-0.4, -0.2) is 40.2 Å². The second-order valence-electron chi connectivity index (χ2n) is 4.33. The number of aromatic nitrogens is 4. The average Bonchev–Trinajstić information content (AvgIpc) is 2.94. The molecule has 2 heterocycles. The van der Waals surface area contributed by atoms with Crippen LogP contribution in [0.15, 0.2) is 6.20 Å². The van der Waals surface area contributed by atoms with Gasteiger partial charge in [0.05, 0.1) is 30.7 Å². The molecule has 0 amide bonds. The van der Waals surface area contributed by atoms with Gasteiger partial charge in [-0.3, -0.25) is 0 Å². The van der Waals surface area contributed by atoms with Crippen LogP contribution in [0.2, 0.25) is 0 Å². The van der Waals surface area contributed by atoms with Crippen molar-refractivity contribution in [2.45, 2.75) is 26.9 Å². The molecule has 0 aliphatic heterocycles. The molecular weight excluding hydrogens is 262 g/mol. The summed E-state index contributed by atoms with van der Waals surface area (Å²) in [4.78, 5) is 5.76. The second-order valence-corrected chi connectivity index (χ2v) is 5.61. The van der Waals surface area contributed by atoms with Gasteiger partial charge in [0, 0.05) is 25.1 Å². The smallest absolute Gasteiger partial charge is 0.115 e. The maximum atomic E-state index is 4.97. The summed E-state index contributed by atoms with van der Waals surface area (Å²) in [6, 6.07) is 0. The maximum Gasteiger partial charge on any atom is 0.115 e. The summed E-state index contributed by atoms with van der Waals surface area (Å²) in [6.07, 6.45) is 1.95. The first kappa shape index (κ1) is 14.1. The molecule has 2 rings (SSSR count). The van der Waals surface area contributed by atoms with E-state index in [1.165, 1.54) is 4.88 Å². The molecule has 1 N–H and O–H groups in total. The molecule has 19 heavy (non-hydrogen) atoms. The van der Waals surface area contributed by atoms with Crippen molar-refractivity contribution in [1.29, 1.82) is 0 Å². The topological polar surface area (TPSA) is 64.9 Å². The van der Waals surface area contributed by atoms with E-state index in [0.29, 0.717) is 19.7 Å². The number of thiazole rings is 1. The van der Waals surface area contributed by atoms with Crippen molar-refractivity contribution in [3.8, 4) is 0 Å². The van der Waals surface area contributed by atoms with Crippen molar-refractivity contribution in [2.75, 3.05) is 20.3 Å². The number of aryl methyl sites for hydroxylation is 2. The predicted octanol–water partition coefficient (Wildman–Crippen LogP) is 1.14. The molecule has 104 valence electrons. The molecule has 0 saturated carbocycles. The first-order chi connectivity index (χ1) is 9.19. The van der Waals surface area contributed by atoms with Crippen LogP contribution in [0.1, 0.15) is 21.3 Å². The normalized spacial score (nSPS) is 11.1. The Bertz CT molecular complexity index is 502. The van der Waals surface area contributed by atoms with Crippen LogP contribution in [0.4, 0.5) is 0 Å². The van der Waals surface area contributed by atoms with Gasteiger partial charge in [0.1, 0.15) is 5.01 Å². The fourth-order valence-corrected chi connectivity index (χ4v) is 2.56. The van der Waals surface area contributed by atoms with Crippen LogP contribution in [0.5, 0.6) is 0 Å². The number of nitrogens with one attached hydrogen (secondary N) is 1. The summed E-state index contributed by atoms with van der Waals surface area (Å²) in [6.45, 7) is 7.02. The minimum absolute atomic E-state index is 0.685. The summed E-state index contributed by atoms with van der Waals surface area (Å²) in [7, 11) is 1.69. The zero-order valence-electron chi connectivity index (χ0n) is 11.5. The zero-order chi connectivity index (χ0) is 13.7. The summed E-state index contributed by atoms with van der Waals surface area (Å²) >= 11 is 1.71. The lowest BCUT2D eigenvalue weighted by atomic mass is 10.4. The highest BCUT2D eigenvalue weighted by molar-refractivity contribution is 7.11. The summed E-state index contributed by atoms with van der Waals surface area (Å²) < 4.78 is 6.79. The van der Waals surface area contributed by atoms with Crippen LogP contribution >= 0.6 is 11.3 Å². The van der Waals surface area contributed by atoms with E-state index in [9.17, 15) is 0 Å². The molecule has 7 heteroatoms. The Morgan fingerprint density at radius 1 is 1.42 bits per heavy atom. The highest BCUT2D eigenvalue weighted by Crippen LogP contribution is 2.17. The lowest BCUT2D eigenvalue weighted by molar-refractivity contribution is 0.199.